The average molecular weight is 362 g/mol. The number of halogens is 2. The minimum Gasteiger partial charge on any atom is -0.452 e. The van der Waals surface area contributed by atoms with Gasteiger partial charge < -0.3 is 10.1 Å². The maximum Gasteiger partial charge on any atom is 0.331 e. The molecule has 0 aliphatic heterocycles. The van der Waals surface area contributed by atoms with Crippen LogP contribution in [0, 0.1) is 5.82 Å². The molecule has 25 heavy (non-hydrogen) atoms. The van der Waals surface area contributed by atoms with Crippen molar-refractivity contribution in [3.8, 4) is 0 Å². The van der Waals surface area contributed by atoms with Crippen molar-refractivity contribution in [2.45, 2.75) is 13.0 Å². The number of carbonyl (C=O) groups excluding carboxylic acids is 2. The van der Waals surface area contributed by atoms with Crippen molar-refractivity contribution in [2.75, 3.05) is 6.61 Å². The molecule has 0 heterocycles. The van der Waals surface area contributed by atoms with E-state index in [0.717, 1.165) is 5.56 Å². The molecule has 0 spiro atoms. The average Bonchev–Trinajstić information content (AvgIpc) is 2.60. The van der Waals surface area contributed by atoms with E-state index in [1.165, 1.54) is 36.4 Å². The molecule has 6 heteroatoms. The number of amides is 1. The van der Waals surface area contributed by atoms with E-state index < -0.39 is 11.9 Å². The zero-order valence-corrected chi connectivity index (χ0v) is 14.3. The summed E-state index contributed by atoms with van der Waals surface area (Å²) in [5.41, 5.74) is 1.54. The first-order valence-corrected chi connectivity index (χ1v) is 7.97. The van der Waals surface area contributed by atoms with Gasteiger partial charge in [0.2, 0.25) is 0 Å². The molecular weight excluding hydrogens is 345 g/mol. The summed E-state index contributed by atoms with van der Waals surface area (Å²) >= 11 is 5.82. The molecule has 1 atom stereocenters. The molecule has 0 unspecified atom stereocenters. The molecule has 0 saturated carbocycles. The van der Waals surface area contributed by atoms with Crippen LogP contribution in [0.15, 0.2) is 54.6 Å². The van der Waals surface area contributed by atoms with Crippen LogP contribution in [0.4, 0.5) is 4.39 Å². The third-order valence-corrected chi connectivity index (χ3v) is 3.63. The summed E-state index contributed by atoms with van der Waals surface area (Å²) in [5.74, 6) is -1.42. The lowest BCUT2D eigenvalue weighted by Gasteiger charge is -2.14. The Morgan fingerprint density at radius 1 is 1.16 bits per heavy atom. The van der Waals surface area contributed by atoms with Gasteiger partial charge in [0, 0.05) is 11.1 Å². The zero-order chi connectivity index (χ0) is 18.2. The summed E-state index contributed by atoms with van der Waals surface area (Å²) in [5, 5.41) is 3.34. The van der Waals surface area contributed by atoms with E-state index in [2.05, 4.69) is 5.32 Å². The van der Waals surface area contributed by atoms with Crippen molar-refractivity contribution < 1.29 is 18.7 Å². The van der Waals surface area contributed by atoms with E-state index in [1.807, 2.05) is 19.1 Å². The Hall–Kier alpha value is -2.66. The van der Waals surface area contributed by atoms with Crippen molar-refractivity contribution in [1.82, 2.24) is 5.32 Å². The van der Waals surface area contributed by atoms with E-state index >= 15 is 0 Å². The van der Waals surface area contributed by atoms with Gasteiger partial charge in [0.25, 0.3) is 5.91 Å². The molecule has 0 radical (unpaired) electrons. The third kappa shape index (κ3) is 6.39. The van der Waals surface area contributed by atoms with Crippen molar-refractivity contribution in [2.24, 2.45) is 0 Å². The van der Waals surface area contributed by atoms with E-state index in [0.29, 0.717) is 10.6 Å². The van der Waals surface area contributed by atoms with Crippen LogP contribution >= 0.6 is 11.6 Å². The van der Waals surface area contributed by atoms with Crippen molar-refractivity contribution >= 4 is 29.6 Å². The van der Waals surface area contributed by atoms with Gasteiger partial charge in [-0.25, -0.2) is 9.18 Å². The number of esters is 1. The van der Waals surface area contributed by atoms with Gasteiger partial charge in [0.05, 0.1) is 6.04 Å². The Morgan fingerprint density at radius 2 is 1.80 bits per heavy atom. The summed E-state index contributed by atoms with van der Waals surface area (Å²) < 4.78 is 17.6. The van der Waals surface area contributed by atoms with Gasteiger partial charge in [-0.3, -0.25) is 4.79 Å². The normalized spacial score (nSPS) is 12.0. The maximum atomic E-state index is 12.8. The predicted octanol–water partition coefficient (Wildman–Crippen LogP) is 3.91. The smallest absolute Gasteiger partial charge is 0.331 e. The fourth-order valence-electron chi connectivity index (χ4n) is 2.04. The molecule has 1 amide bonds. The first-order valence-electron chi connectivity index (χ1n) is 7.59. The molecule has 130 valence electrons. The molecule has 0 aromatic heterocycles. The lowest BCUT2D eigenvalue weighted by atomic mass is 10.1. The largest absolute Gasteiger partial charge is 0.452 e. The number of benzene rings is 2. The SMILES string of the molecule is C[C@H](NC(=O)COC(=O)/C=C/c1ccc(F)cc1)c1ccc(Cl)cc1. The Balaban J connectivity index is 1.77. The molecule has 1 N–H and O–H groups in total. The highest BCUT2D eigenvalue weighted by Crippen LogP contribution is 2.15. The van der Waals surface area contributed by atoms with Crippen LogP contribution in [-0.2, 0) is 14.3 Å². The molecular formula is C19H17ClFNO3. The molecule has 0 bridgehead atoms. The quantitative estimate of drug-likeness (QED) is 0.627. The summed E-state index contributed by atoms with van der Waals surface area (Å²) in [4.78, 5) is 23.4. The molecule has 4 nitrogen and oxygen atoms in total. The Morgan fingerprint density at radius 3 is 2.44 bits per heavy atom. The second-order valence-corrected chi connectivity index (χ2v) is 5.77. The van der Waals surface area contributed by atoms with E-state index in [9.17, 15) is 14.0 Å². The number of hydrogen-bond acceptors (Lipinski definition) is 3. The maximum absolute atomic E-state index is 12.8. The van der Waals surface area contributed by atoms with Crippen LogP contribution < -0.4 is 5.32 Å². The third-order valence-electron chi connectivity index (χ3n) is 3.37. The van der Waals surface area contributed by atoms with E-state index in [-0.39, 0.29) is 18.5 Å². The Bertz CT molecular complexity index is 757. The van der Waals surface area contributed by atoms with Crippen LogP contribution in [0.5, 0.6) is 0 Å². The van der Waals surface area contributed by atoms with Gasteiger partial charge in [-0.1, -0.05) is 35.9 Å². The highest BCUT2D eigenvalue weighted by molar-refractivity contribution is 6.30. The van der Waals surface area contributed by atoms with Gasteiger partial charge >= 0.3 is 5.97 Å². The summed E-state index contributed by atoms with van der Waals surface area (Å²) in [6.07, 6.45) is 2.67. The Kier molecular flexibility index (Phi) is 6.71. The summed E-state index contributed by atoms with van der Waals surface area (Å²) in [6.45, 7) is 1.43. The van der Waals surface area contributed by atoms with Gasteiger partial charge in [0.15, 0.2) is 6.61 Å². The van der Waals surface area contributed by atoms with Crippen LogP contribution in [0.2, 0.25) is 5.02 Å². The fourth-order valence-corrected chi connectivity index (χ4v) is 2.17. The highest BCUT2D eigenvalue weighted by Gasteiger charge is 2.11. The van der Waals surface area contributed by atoms with E-state index in [1.54, 1.807) is 12.1 Å². The monoisotopic (exact) mass is 361 g/mol. The molecule has 0 aliphatic rings. The van der Waals surface area contributed by atoms with Crippen LogP contribution in [-0.4, -0.2) is 18.5 Å². The highest BCUT2D eigenvalue weighted by atomic mass is 35.5. The van der Waals surface area contributed by atoms with Crippen LogP contribution in [0.25, 0.3) is 6.08 Å². The first-order chi connectivity index (χ1) is 11.9. The van der Waals surface area contributed by atoms with Gasteiger partial charge in [-0.2, -0.15) is 0 Å². The van der Waals surface area contributed by atoms with Gasteiger partial charge in [-0.05, 0) is 48.4 Å². The molecule has 0 saturated heterocycles. The van der Waals surface area contributed by atoms with Crippen LogP contribution in [0.3, 0.4) is 0 Å². The standard InChI is InChI=1S/C19H17ClFNO3/c1-13(15-5-7-16(20)8-6-15)22-18(23)12-25-19(24)11-4-14-2-9-17(21)10-3-14/h2-11,13H,12H2,1H3,(H,22,23)/b11-4+/t13-/m0/s1. The van der Waals surface area contributed by atoms with E-state index in [4.69, 9.17) is 16.3 Å². The number of nitrogens with one attached hydrogen (secondary N) is 1. The Labute approximate surface area is 150 Å². The topological polar surface area (TPSA) is 55.4 Å². The molecule has 2 aromatic carbocycles. The number of ether oxygens (including phenoxy) is 1. The minimum atomic E-state index is -0.654. The van der Waals surface area contributed by atoms with Crippen molar-refractivity contribution in [3.63, 3.8) is 0 Å². The number of hydrogen-bond donors (Lipinski definition) is 1. The van der Waals surface area contributed by atoms with Gasteiger partial charge in [0.1, 0.15) is 5.82 Å². The molecule has 0 aliphatic carbocycles. The number of rotatable bonds is 6. The molecule has 2 rings (SSSR count). The number of carbonyl (C=O) groups is 2. The van der Waals surface area contributed by atoms with Crippen LogP contribution in [0.1, 0.15) is 24.1 Å². The molecule has 2 aromatic rings. The van der Waals surface area contributed by atoms with Crippen molar-refractivity contribution in [1.29, 1.82) is 0 Å². The lowest BCUT2D eigenvalue weighted by molar-refractivity contribution is -0.144. The second kappa shape index (κ2) is 8.99. The predicted molar refractivity (Wildman–Crippen MR) is 94.4 cm³/mol. The summed E-state index contributed by atoms with van der Waals surface area (Å²) in [7, 11) is 0. The lowest BCUT2D eigenvalue weighted by Crippen LogP contribution is -2.30. The second-order valence-electron chi connectivity index (χ2n) is 5.33. The molecule has 0 fully saturated rings. The zero-order valence-electron chi connectivity index (χ0n) is 13.5. The van der Waals surface area contributed by atoms with Gasteiger partial charge in [-0.15, -0.1) is 0 Å². The fraction of sp³-hybridized carbons (Fsp3) is 0.158. The first kappa shape index (κ1) is 18.7. The van der Waals surface area contributed by atoms with Crippen molar-refractivity contribution in [3.05, 3.63) is 76.6 Å². The minimum absolute atomic E-state index is 0.238. The summed E-state index contributed by atoms with van der Waals surface area (Å²) in [6, 6.07) is 12.5.